The van der Waals surface area contributed by atoms with E-state index in [1.54, 1.807) is 0 Å². The summed E-state index contributed by atoms with van der Waals surface area (Å²) in [5, 5.41) is 0. The summed E-state index contributed by atoms with van der Waals surface area (Å²) in [5.41, 5.74) is 6.73. The highest BCUT2D eigenvalue weighted by Crippen LogP contribution is 2.22. The molecule has 0 aromatic carbocycles. The Morgan fingerprint density at radius 2 is 2.11 bits per heavy atom. The molecular formula is C15H25N3O. The normalized spacial score (nSPS) is 23.3. The fourth-order valence-electron chi connectivity index (χ4n) is 2.88. The molecule has 1 amide bonds. The summed E-state index contributed by atoms with van der Waals surface area (Å²) in [6.45, 7) is 3.03. The Hall–Kier alpha value is -1.29. The average Bonchev–Trinajstić information content (AvgIpc) is 2.87. The molecule has 0 bridgehead atoms. The van der Waals surface area contributed by atoms with Crippen LogP contribution in [0.1, 0.15) is 49.5 Å². The third-order valence-electron chi connectivity index (χ3n) is 4.12. The summed E-state index contributed by atoms with van der Waals surface area (Å²) in [4.78, 5) is 14.5. The van der Waals surface area contributed by atoms with Crippen molar-refractivity contribution in [2.75, 3.05) is 7.05 Å². The standard InChI is InChI=1S/C15H25N3O/c1-3-10-18-11-4-5-14(18)15(19)17(2)13-8-6-12(16)7-9-13/h4-5,11-13H,3,6-10,16H2,1-2H3. The Morgan fingerprint density at radius 1 is 1.42 bits per heavy atom. The van der Waals surface area contributed by atoms with Gasteiger partial charge in [-0.25, -0.2) is 0 Å². The first kappa shape index (κ1) is 14.1. The van der Waals surface area contributed by atoms with Crippen LogP contribution in [0.25, 0.3) is 0 Å². The topological polar surface area (TPSA) is 51.3 Å². The highest BCUT2D eigenvalue weighted by atomic mass is 16.2. The van der Waals surface area contributed by atoms with Gasteiger partial charge in [-0.15, -0.1) is 0 Å². The zero-order chi connectivity index (χ0) is 13.8. The van der Waals surface area contributed by atoms with Gasteiger partial charge in [0.25, 0.3) is 5.91 Å². The second-order valence-electron chi connectivity index (χ2n) is 5.57. The van der Waals surface area contributed by atoms with Gasteiger partial charge in [0.15, 0.2) is 0 Å². The highest BCUT2D eigenvalue weighted by Gasteiger charge is 2.26. The molecule has 0 aliphatic heterocycles. The van der Waals surface area contributed by atoms with Crippen LogP contribution >= 0.6 is 0 Å². The van der Waals surface area contributed by atoms with Crippen molar-refractivity contribution in [2.24, 2.45) is 5.73 Å². The van der Waals surface area contributed by atoms with Crippen molar-refractivity contribution in [3.63, 3.8) is 0 Å². The second-order valence-corrected chi connectivity index (χ2v) is 5.57. The molecule has 0 radical (unpaired) electrons. The average molecular weight is 263 g/mol. The Morgan fingerprint density at radius 3 is 2.74 bits per heavy atom. The lowest BCUT2D eigenvalue weighted by Crippen LogP contribution is -2.42. The van der Waals surface area contributed by atoms with Crippen LogP contribution in [0.4, 0.5) is 0 Å². The van der Waals surface area contributed by atoms with E-state index in [2.05, 4.69) is 6.92 Å². The van der Waals surface area contributed by atoms with Gasteiger partial charge in [0.05, 0.1) is 0 Å². The van der Waals surface area contributed by atoms with Crippen LogP contribution in [0.15, 0.2) is 18.3 Å². The lowest BCUT2D eigenvalue weighted by molar-refractivity contribution is 0.0679. The molecule has 0 spiro atoms. The van der Waals surface area contributed by atoms with Crippen LogP contribution in [0, 0.1) is 0 Å². The van der Waals surface area contributed by atoms with Crippen LogP contribution in [0.5, 0.6) is 0 Å². The maximum atomic E-state index is 12.6. The van der Waals surface area contributed by atoms with E-state index in [1.165, 1.54) is 0 Å². The molecule has 1 fully saturated rings. The molecule has 2 rings (SSSR count). The van der Waals surface area contributed by atoms with Crippen molar-refractivity contribution in [3.05, 3.63) is 24.0 Å². The van der Waals surface area contributed by atoms with E-state index >= 15 is 0 Å². The number of nitrogens with zero attached hydrogens (tertiary/aromatic N) is 2. The second kappa shape index (κ2) is 6.24. The Labute approximate surface area is 115 Å². The van der Waals surface area contributed by atoms with Crippen molar-refractivity contribution < 1.29 is 4.79 Å². The summed E-state index contributed by atoms with van der Waals surface area (Å²) in [6, 6.07) is 4.54. The first-order chi connectivity index (χ1) is 9.13. The number of nitrogens with two attached hydrogens (primary N) is 1. The van der Waals surface area contributed by atoms with Crippen molar-refractivity contribution in [2.45, 2.75) is 57.7 Å². The number of aryl methyl sites for hydroxylation is 1. The fourth-order valence-corrected chi connectivity index (χ4v) is 2.88. The van der Waals surface area contributed by atoms with E-state index in [0.29, 0.717) is 12.1 Å². The molecule has 0 unspecified atom stereocenters. The number of amides is 1. The van der Waals surface area contributed by atoms with Gasteiger partial charge in [0.2, 0.25) is 0 Å². The lowest BCUT2D eigenvalue weighted by atomic mass is 9.91. The maximum absolute atomic E-state index is 12.6. The molecule has 1 saturated carbocycles. The summed E-state index contributed by atoms with van der Waals surface area (Å²) in [5.74, 6) is 0.138. The number of carbonyl (C=O) groups is 1. The summed E-state index contributed by atoms with van der Waals surface area (Å²) in [7, 11) is 1.92. The SMILES string of the molecule is CCCn1cccc1C(=O)N(C)C1CCC(N)CC1. The van der Waals surface area contributed by atoms with E-state index < -0.39 is 0 Å². The van der Waals surface area contributed by atoms with Gasteiger partial charge in [0, 0.05) is 31.9 Å². The lowest BCUT2D eigenvalue weighted by Gasteiger charge is -2.33. The molecule has 106 valence electrons. The first-order valence-electron chi connectivity index (χ1n) is 7.31. The molecule has 1 aromatic rings. The molecule has 1 heterocycles. The van der Waals surface area contributed by atoms with Crippen molar-refractivity contribution in [3.8, 4) is 0 Å². The molecular weight excluding hydrogens is 238 g/mol. The third kappa shape index (κ3) is 3.18. The number of carbonyl (C=O) groups excluding carboxylic acids is 1. The highest BCUT2D eigenvalue weighted by molar-refractivity contribution is 5.92. The van der Waals surface area contributed by atoms with E-state index in [9.17, 15) is 4.79 Å². The Balaban J connectivity index is 2.04. The van der Waals surface area contributed by atoms with Gasteiger partial charge in [-0.05, 0) is 44.2 Å². The van der Waals surface area contributed by atoms with E-state index in [-0.39, 0.29) is 5.91 Å². The van der Waals surface area contributed by atoms with Gasteiger partial charge in [-0.1, -0.05) is 6.92 Å². The number of rotatable bonds is 4. The first-order valence-corrected chi connectivity index (χ1v) is 7.31. The van der Waals surface area contributed by atoms with Crippen molar-refractivity contribution >= 4 is 5.91 Å². The summed E-state index contributed by atoms with van der Waals surface area (Å²) >= 11 is 0. The fraction of sp³-hybridized carbons (Fsp3) is 0.667. The maximum Gasteiger partial charge on any atom is 0.270 e. The van der Waals surface area contributed by atoms with Crippen molar-refractivity contribution in [1.29, 1.82) is 0 Å². The molecule has 19 heavy (non-hydrogen) atoms. The predicted molar refractivity (Wildman–Crippen MR) is 77.0 cm³/mol. The molecule has 4 heteroatoms. The smallest absolute Gasteiger partial charge is 0.270 e. The van der Waals surface area contributed by atoms with E-state index in [4.69, 9.17) is 5.73 Å². The minimum Gasteiger partial charge on any atom is -0.344 e. The largest absolute Gasteiger partial charge is 0.344 e. The molecule has 1 aromatic heterocycles. The van der Waals surface area contributed by atoms with Gasteiger partial charge in [-0.3, -0.25) is 4.79 Å². The zero-order valence-electron chi connectivity index (χ0n) is 12.0. The van der Waals surface area contributed by atoms with E-state index in [1.807, 2.05) is 34.8 Å². The monoisotopic (exact) mass is 263 g/mol. The molecule has 0 atom stereocenters. The molecule has 1 aliphatic carbocycles. The van der Waals surface area contributed by atoms with Gasteiger partial charge in [-0.2, -0.15) is 0 Å². The molecule has 1 aliphatic rings. The molecule has 2 N–H and O–H groups in total. The van der Waals surface area contributed by atoms with Crippen LogP contribution in [0.3, 0.4) is 0 Å². The minimum atomic E-state index is 0.138. The number of aromatic nitrogens is 1. The van der Waals surface area contributed by atoms with Crippen molar-refractivity contribution in [1.82, 2.24) is 9.47 Å². The number of hydrogen-bond acceptors (Lipinski definition) is 2. The van der Waals surface area contributed by atoms with Crippen LogP contribution in [0.2, 0.25) is 0 Å². The third-order valence-corrected chi connectivity index (χ3v) is 4.12. The zero-order valence-corrected chi connectivity index (χ0v) is 12.0. The summed E-state index contributed by atoms with van der Waals surface area (Å²) in [6.07, 6.45) is 7.13. The van der Waals surface area contributed by atoms with E-state index in [0.717, 1.165) is 44.3 Å². The molecule has 0 saturated heterocycles. The minimum absolute atomic E-state index is 0.138. The van der Waals surface area contributed by atoms with Gasteiger partial charge in [0.1, 0.15) is 5.69 Å². The van der Waals surface area contributed by atoms with Gasteiger partial charge >= 0.3 is 0 Å². The predicted octanol–water partition coefficient (Wildman–Crippen LogP) is 2.24. The van der Waals surface area contributed by atoms with Crippen LogP contribution < -0.4 is 5.73 Å². The molecule has 4 nitrogen and oxygen atoms in total. The van der Waals surface area contributed by atoms with Crippen LogP contribution in [-0.4, -0.2) is 34.5 Å². The summed E-state index contributed by atoms with van der Waals surface area (Å²) < 4.78 is 2.05. The van der Waals surface area contributed by atoms with Crippen LogP contribution in [-0.2, 0) is 6.54 Å². The Kier molecular flexibility index (Phi) is 4.64. The van der Waals surface area contributed by atoms with Gasteiger partial charge < -0.3 is 15.2 Å². The number of hydrogen-bond donors (Lipinski definition) is 1. The Bertz CT molecular complexity index is 419. The quantitative estimate of drug-likeness (QED) is 0.905.